The first-order valence-electron chi connectivity index (χ1n) is 6.69. The Labute approximate surface area is 126 Å². The smallest absolute Gasteiger partial charge is 0.299 e. The van der Waals surface area contributed by atoms with Crippen LogP contribution in [-0.2, 0) is 0 Å². The summed E-state index contributed by atoms with van der Waals surface area (Å²) in [5.41, 5.74) is -0.183. The van der Waals surface area contributed by atoms with Gasteiger partial charge in [-0.1, -0.05) is 12.8 Å². The van der Waals surface area contributed by atoms with Gasteiger partial charge in [0.1, 0.15) is 5.69 Å². The molecule has 1 aliphatic carbocycles. The third-order valence-corrected chi connectivity index (χ3v) is 5.36. The second kappa shape index (κ2) is 6.30. The molecule has 8 heteroatoms. The van der Waals surface area contributed by atoms with Crippen LogP contribution in [0.4, 0.5) is 17.1 Å². The number of anilines is 1. The fourth-order valence-corrected chi connectivity index (χ4v) is 3.58. The Kier molecular flexibility index (Phi) is 4.66. The van der Waals surface area contributed by atoms with Crippen LogP contribution < -0.4 is 5.32 Å². The summed E-state index contributed by atoms with van der Waals surface area (Å²) in [6.07, 6.45) is 6.57. The summed E-state index contributed by atoms with van der Waals surface area (Å²) in [4.78, 5) is 20.6. The van der Waals surface area contributed by atoms with E-state index in [1.807, 2.05) is 0 Å². The van der Waals surface area contributed by atoms with Crippen LogP contribution in [0.25, 0.3) is 0 Å². The van der Waals surface area contributed by atoms with E-state index >= 15 is 0 Å². The van der Waals surface area contributed by atoms with Gasteiger partial charge in [-0.25, -0.2) is 0 Å². The predicted octanol–water partition coefficient (Wildman–Crippen LogP) is 3.59. The summed E-state index contributed by atoms with van der Waals surface area (Å²) in [5, 5.41) is 24.9. The van der Waals surface area contributed by atoms with Crippen molar-refractivity contribution in [2.24, 2.45) is 0 Å². The summed E-state index contributed by atoms with van der Waals surface area (Å²) >= 11 is 1.78. The van der Waals surface area contributed by atoms with E-state index in [4.69, 9.17) is 0 Å². The minimum Gasteiger partial charge on any atom is -0.378 e. The first-order chi connectivity index (χ1) is 9.97. The third-order valence-electron chi connectivity index (χ3n) is 3.94. The highest BCUT2D eigenvalue weighted by molar-refractivity contribution is 8.00. The molecule has 0 aliphatic heterocycles. The molecule has 0 atom stereocenters. The van der Waals surface area contributed by atoms with E-state index in [9.17, 15) is 20.2 Å². The van der Waals surface area contributed by atoms with Crippen LogP contribution in [0.1, 0.15) is 25.7 Å². The molecule has 1 aliphatic rings. The summed E-state index contributed by atoms with van der Waals surface area (Å²) in [6.45, 7) is 0.632. The predicted molar refractivity (Wildman–Crippen MR) is 83.0 cm³/mol. The molecule has 1 N–H and O–H groups in total. The Bertz CT molecular complexity index is 558. The van der Waals surface area contributed by atoms with Gasteiger partial charge in [-0.05, 0) is 25.2 Å². The number of nitro groups is 2. The van der Waals surface area contributed by atoms with Gasteiger partial charge in [0.15, 0.2) is 0 Å². The van der Waals surface area contributed by atoms with E-state index in [-0.39, 0.29) is 16.1 Å². The molecule has 21 heavy (non-hydrogen) atoms. The normalized spacial score (nSPS) is 16.6. The highest BCUT2D eigenvalue weighted by atomic mass is 32.2. The number of nitrogens with zero attached hydrogens (tertiary/aromatic N) is 2. The van der Waals surface area contributed by atoms with Crippen molar-refractivity contribution in [3.05, 3.63) is 38.4 Å². The number of benzene rings is 1. The van der Waals surface area contributed by atoms with E-state index < -0.39 is 9.85 Å². The van der Waals surface area contributed by atoms with E-state index in [0.717, 1.165) is 18.9 Å². The molecule has 1 saturated carbocycles. The lowest BCUT2D eigenvalue weighted by atomic mass is 10.1. The zero-order chi connectivity index (χ0) is 15.5. The van der Waals surface area contributed by atoms with E-state index in [0.29, 0.717) is 12.2 Å². The van der Waals surface area contributed by atoms with Crippen molar-refractivity contribution in [3.63, 3.8) is 0 Å². The Morgan fingerprint density at radius 1 is 1.24 bits per heavy atom. The lowest BCUT2D eigenvalue weighted by Crippen LogP contribution is -2.30. The molecule has 1 fully saturated rings. The van der Waals surface area contributed by atoms with Crippen molar-refractivity contribution >= 4 is 28.8 Å². The molecule has 0 radical (unpaired) electrons. The number of rotatable bonds is 6. The molecule has 0 heterocycles. The zero-order valence-corrected chi connectivity index (χ0v) is 12.5. The standard InChI is InChI=1S/C13H17N3O4S/c1-21-13(6-2-3-7-13)9-14-11-5-4-10(15(17)18)8-12(11)16(19)20/h4-5,8,14H,2-3,6-7,9H2,1H3. The Balaban J connectivity index is 2.19. The minimum absolute atomic E-state index is 0.107. The van der Waals surface area contributed by atoms with Gasteiger partial charge in [-0.3, -0.25) is 20.2 Å². The SMILES string of the molecule is CSC1(CNc2ccc([N+](=O)[O-])cc2[N+](=O)[O-])CCCC1. The van der Waals surface area contributed by atoms with Crippen LogP contribution in [0.3, 0.4) is 0 Å². The first kappa shape index (κ1) is 15.6. The lowest BCUT2D eigenvalue weighted by molar-refractivity contribution is -0.393. The van der Waals surface area contributed by atoms with Gasteiger partial charge in [-0.15, -0.1) is 0 Å². The summed E-state index contributed by atoms with van der Waals surface area (Å²) < 4.78 is 0.107. The van der Waals surface area contributed by atoms with E-state index in [2.05, 4.69) is 11.6 Å². The molecule has 0 aromatic heterocycles. The topological polar surface area (TPSA) is 98.3 Å². The van der Waals surface area contributed by atoms with Crippen molar-refractivity contribution in [2.75, 3.05) is 18.1 Å². The van der Waals surface area contributed by atoms with Gasteiger partial charge in [0.25, 0.3) is 11.4 Å². The van der Waals surface area contributed by atoms with E-state index in [1.54, 1.807) is 11.8 Å². The van der Waals surface area contributed by atoms with Crippen LogP contribution >= 0.6 is 11.8 Å². The number of nitro benzene ring substituents is 2. The fraction of sp³-hybridized carbons (Fsp3) is 0.538. The molecular weight excluding hydrogens is 294 g/mol. The van der Waals surface area contributed by atoms with Gasteiger partial charge < -0.3 is 5.32 Å². The number of hydrogen-bond donors (Lipinski definition) is 1. The molecule has 0 saturated heterocycles. The molecule has 0 unspecified atom stereocenters. The average Bonchev–Trinajstić information content (AvgIpc) is 2.94. The van der Waals surface area contributed by atoms with Crippen LogP contribution in [-0.4, -0.2) is 27.4 Å². The number of hydrogen-bond acceptors (Lipinski definition) is 6. The highest BCUT2D eigenvalue weighted by Crippen LogP contribution is 2.41. The maximum absolute atomic E-state index is 11.1. The molecule has 1 aromatic rings. The van der Waals surface area contributed by atoms with Gasteiger partial charge in [0.2, 0.25) is 0 Å². The van der Waals surface area contributed by atoms with Crippen LogP contribution in [0.15, 0.2) is 18.2 Å². The third kappa shape index (κ3) is 3.44. The number of nitrogens with one attached hydrogen (secondary N) is 1. The van der Waals surface area contributed by atoms with Gasteiger partial charge in [0.05, 0.1) is 15.9 Å². The second-order valence-corrected chi connectivity index (χ2v) is 6.44. The molecule has 7 nitrogen and oxygen atoms in total. The van der Waals surface area contributed by atoms with Gasteiger partial charge in [0, 0.05) is 17.4 Å². The van der Waals surface area contributed by atoms with Crippen molar-refractivity contribution in [3.8, 4) is 0 Å². The van der Waals surface area contributed by atoms with Crippen LogP contribution in [0.2, 0.25) is 0 Å². The number of thioether (sulfide) groups is 1. The Morgan fingerprint density at radius 2 is 1.90 bits per heavy atom. The summed E-state index contributed by atoms with van der Waals surface area (Å²) in [5.74, 6) is 0. The van der Waals surface area contributed by atoms with Crippen molar-refractivity contribution in [2.45, 2.75) is 30.4 Å². The van der Waals surface area contributed by atoms with Crippen molar-refractivity contribution in [1.29, 1.82) is 0 Å². The highest BCUT2D eigenvalue weighted by Gasteiger charge is 2.33. The number of non-ortho nitro benzene ring substituents is 1. The largest absolute Gasteiger partial charge is 0.378 e. The second-order valence-electron chi connectivity index (χ2n) is 5.16. The minimum atomic E-state index is -0.628. The fourth-order valence-electron chi connectivity index (χ4n) is 2.66. The monoisotopic (exact) mass is 311 g/mol. The molecule has 114 valence electrons. The maximum atomic E-state index is 11.1. The molecule has 0 amide bonds. The molecule has 0 spiro atoms. The molecular formula is C13H17N3O4S. The van der Waals surface area contributed by atoms with Gasteiger partial charge in [-0.2, -0.15) is 11.8 Å². The molecule has 0 bridgehead atoms. The Hall–Kier alpha value is -1.83. The quantitative estimate of drug-likeness (QED) is 0.636. The first-order valence-corrected chi connectivity index (χ1v) is 7.92. The molecule has 1 aromatic carbocycles. The van der Waals surface area contributed by atoms with Gasteiger partial charge >= 0.3 is 0 Å². The van der Waals surface area contributed by atoms with Crippen LogP contribution in [0.5, 0.6) is 0 Å². The summed E-state index contributed by atoms with van der Waals surface area (Å²) in [6, 6.07) is 3.71. The Morgan fingerprint density at radius 3 is 2.43 bits per heavy atom. The van der Waals surface area contributed by atoms with Crippen LogP contribution in [0, 0.1) is 20.2 Å². The molecule has 2 rings (SSSR count). The zero-order valence-electron chi connectivity index (χ0n) is 11.7. The van der Waals surface area contributed by atoms with Crippen molar-refractivity contribution in [1.82, 2.24) is 0 Å². The maximum Gasteiger partial charge on any atom is 0.299 e. The van der Waals surface area contributed by atoms with E-state index in [1.165, 1.54) is 25.0 Å². The lowest BCUT2D eigenvalue weighted by Gasteiger charge is -2.27. The summed E-state index contributed by atoms with van der Waals surface area (Å²) in [7, 11) is 0. The average molecular weight is 311 g/mol. The van der Waals surface area contributed by atoms with Crippen molar-refractivity contribution < 1.29 is 9.85 Å².